The van der Waals surface area contributed by atoms with Gasteiger partial charge in [0, 0.05) is 11.1 Å². The molecule has 0 saturated carbocycles. The van der Waals surface area contributed by atoms with Gasteiger partial charge in [-0.05, 0) is 37.1 Å². The molecule has 20 heavy (non-hydrogen) atoms. The van der Waals surface area contributed by atoms with Crippen LogP contribution in [0.3, 0.4) is 0 Å². The van der Waals surface area contributed by atoms with Crippen molar-refractivity contribution in [3.63, 3.8) is 0 Å². The van der Waals surface area contributed by atoms with Crippen LogP contribution in [0, 0.1) is 13.8 Å². The van der Waals surface area contributed by atoms with Gasteiger partial charge in [-0.15, -0.1) is 11.3 Å². The van der Waals surface area contributed by atoms with Gasteiger partial charge in [-0.3, -0.25) is 4.79 Å². The fourth-order valence-corrected chi connectivity index (χ4v) is 3.24. The summed E-state index contributed by atoms with van der Waals surface area (Å²) >= 11 is 0.929. The largest absolute Gasteiger partial charge is 0.322 e. The van der Waals surface area contributed by atoms with E-state index in [-0.39, 0.29) is 15.7 Å². The van der Waals surface area contributed by atoms with Crippen molar-refractivity contribution in [1.82, 2.24) is 0 Å². The molecule has 0 radical (unpaired) electrons. The van der Waals surface area contributed by atoms with Crippen molar-refractivity contribution < 1.29 is 13.2 Å². The number of nitrogens with two attached hydrogens (primary N) is 1. The summed E-state index contributed by atoms with van der Waals surface area (Å²) < 4.78 is 22.3. The average molecular weight is 310 g/mol. The highest BCUT2D eigenvalue weighted by Crippen LogP contribution is 2.21. The van der Waals surface area contributed by atoms with E-state index in [0.717, 1.165) is 22.5 Å². The van der Waals surface area contributed by atoms with Gasteiger partial charge in [-0.25, -0.2) is 13.6 Å². The van der Waals surface area contributed by atoms with Crippen molar-refractivity contribution in [2.75, 3.05) is 5.32 Å². The minimum Gasteiger partial charge on any atom is -0.322 e. The number of carbonyl (C=O) groups excluding carboxylic acids is 1. The number of amides is 1. The maximum Gasteiger partial charge on any atom is 0.256 e. The number of thiophene rings is 1. The van der Waals surface area contributed by atoms with E-state index in [1.807, 2.05) is 32.0 Å². The Kier molecular flexibility index (Phi) is 3.94. The molecule has 0 bridgehead atoms. The molecule has 106 valence electrons. The van der Waals surface area contributed by atoms with Crippen LogP contribution >= 0.6 is 11.3 Å². The summed E-state index contributed by atoms with van der Waals surface area (Å²) in [5, 5.41) is 9.25. The molecule has 0 unspecified atom stereocenters. The normalized spacial score (nSPS) is 11.3. The topological polar surface area (TPSA) is 89.3 Å². The third kappa shape index (κ3) is 3.24. The van der Waals surface area contributed by atoms with Gasteiger partial charge in [0.05, 0.1) is 5.56 Å². The van der Waals surface area contributed by atoms with E-state index in [0.29, 0.717) is 5.69 Å². The summed E-state index contributed by atoms with van der Waals surface area (Å²) in [7, 11) is -3.76. The molecule has 5 nitrogen and oxygen atoms in total. The first-order chi connectivity index (χ1) is 9.27. The highest BCUT2D eigenvalue weighted by molar-refractivity contribution is 7.91. The van der Waals surface area contributed by atoms with E-state index in [4.69, 9.17) is 5.14 Å². The monoisotopic (exact) mass is 310 g/mol. The highest BCUT2D eigenvalue weighted by atomic mass is 32.2. The zero-order valence-electron chi connectivity index (χ0n) is 11.0. The van der Waals surface area contributed by atoms with Gasteiger partial charge >= 0.3 is 0 Å². The lowest BCUT2D eigenvalue weighted by Crippen LogP contribution is -2.13. The number of primary sulfonamides is 1. The molecule has 3 N–H and O–H groups in total. The fraction of sp³-hybridized carbons (Fsp3) is 0.154. The van der Waals surface area contributed by atoms with E-state index in [1.54, 1.807) is 0 Å². The van der Waals surface area contributed by atoms with Crippen LogP contribution in [0.25, 0.3) is 0 Å². The van der Waals surface area contributed by atoms with Crippen LogP contribution in [-0.4, -0.2) is 14.3 Å². The standard InChI is InChI=1S/C13H14N2O3S2/c1-8-3-4-9(2)11(5-8)15-13(16)10-6-12(19-7-10)20(14,17)18/h3-7H,1-2H3,(H,15,16)(H2,14,17,18). The Hall–Kier alpha value is -1.70. The molecule has 0 aliphatic carbocycles. The smallest absolute Gasteiger partial charge is 0.256 e. The quantitative estimate of drug-likeness (QED) is 0.911. The number of hydrogen-bond donors (Lipinski definition) is 2. The second kappa shape index (κ2) is 5.35. The zero-order chi connectivity index (χ0) is 14.9. The van der Waals surface area contributed by atoms with Crippen LogP contribution in [0.15, 0.2) is 33.9 Å². The molecular weight excluding hydrogens is 296 g/mol. The number of rotatable bonds is 3. The van der Waals surface area contributed by atoms with Gasteiger partial charge in [0.2, 0.25) is 10.0 Å². The molecule has 1 aromatic carbocycles. The van der Waals surface area contributed by atoms with Crippen molar-refractivity contribution in [2.24, 2.45) is 5.14 Å². The SMILES string of the molecule is Cc1ccc(C)c(NC(=O)c2csc(S(N)(=O)=O)c2)c1. The molecule has 1 amide bonds. The predicted molar refractivity (Wildman–Crippen MR) is 79.6 cm³/mol. The summed E-state index contributed by atoms with van der Waals surface area (Å²) in [6, 6.07) is 7.00. The summed E-state index contributed by atoms with van der Waals surface area (Å²) in [6.45, 7) is 3.82. The number of sulfonamides is 1. The summed E-state index contributed by atoms with van der Waals surface area (Å²) in [4.78, 5) is 12.1. The number of aryl methyl sites for hydroxylation is 2. The van der Waals surface area contributed by atoms with Gasteiger partial charge in [0.1, 0.15) is 4.21 Å². The van der Waals surface area contributed by atoms with E-state index in [1.165, 1.54) is 11.4 Å². The van der Waals surface area contributed by atoms with Crippen LogP contribution in [0.2, 0.25) is 0 Å². The van der Waals surface area contributed by atoms with Crippen LogP contribution in [0.1, 0.15) is 21.5 Å². The number of hydrogen-bond acceptors (Lipinski definition) is 4. The molecule has 2 rings (SSSR count). The predicted octanol–water partition coefficient (Wildman–Crippen LogP) is 2.26. The molecule has 1 heterocycles. The van der Waals surface area contributed by atoms with Crippen molar-refractivity contribution in [2.45, 2.75) is 18.1 Å². The van der Waals surface area contributed by atoms with Crippen molar-refractivity contribution in [1.29, 1.82) is 0 Å². The molecular formula is C13H14N2O3S2. The van der Waals surface area contributed by atoms with Crippen LogP contribution < -0.4 is 10.5 Å². The van der Waals surface area contributed by atoms with E-state index < -0.39 is 10.0 Å². The zero-order valence-corrected chi connectivity index (χ0v) is 12.6. The van der Waals surface area contributed by atoms with Crippen LogP contribution in [0.5, 0.6) is 0 Å². The number of benzene rings is 1. The Bertz CT molecular complexity index is 764. The minimum atomic E-state index is -3.76. The Morgan fingerprint density at radius 2 is 1.95 bits per heavy atom. The Morgan fingerprint density at radius 1 is 1.25 bits per heavy atom. The summed E-state index contributed by atoms with van der Waals surface area (Å²) in [6.07, 6.45) is 0. The van der Waals surface area contributed by atoms with E-state index in [9.17, 15) is 13.2 Å². The second-order valence-electron chi connectivity index (χ2n) is 4.47. The molecule has 0 saturated heterocycles. The molecule has 2 aromatic rings. The first-order valence-corrected chi connectivity index (χ1v) is 8.20. The van der Waals surface area contributed by atoms with E-state index in [2.05, 4.69) is 5.32 Å². The molecule has 0 aliphatic rings. The first kappa shape index (κ1) is 14.7. The lowest BCUT2D eigenvalue weighted by molar-refractivity contribution is 0.102. The van der Waals surface area contributed by atoms with Gasteiger partial charge in [-0.2, -0.15) is 0 Å². The van der Waals surface area contributed by atoms with E-state index >= 15 is 0 Å². The van der Waals surface area contributed by atoms with Crippen molar-refractivity contribution >= 4 is 33.0 Å². The molecule has 7 heteroatoms. The summed E-state index contributed by atoms with van der Waals surface area (Å²) in [5.41, 5.74) is 2.95. The van der Waals surface area contributed by atoms with Crippen LogP contribution in [-0.2, 0) is 10.0 Å². The van der Waals surface area contributed by atoms with Gasteiger partial charge in [-0.1, -0.05) is 12.1 Å². The molecule has 0 aliphatic heterocycles. The third-order valence-corrected chi connectivity index (χ3v) is 5.15. The van der Waals surface area contributed by atoms with Gasteiger partial charge in [0.25, 0.3) is 5.91 Å². The number of carbonyl (C=O) groups is 1. The Morgan fingerprint density at radius 3 is 2.55 bits per heavy atom. The number of anilines is 1. The lowest BCUT2D eigenvalue weighted by Gasteiger charge is -2.08. The maximum absolute atomic E-state index is 12.1. The molecule has 0 spiro atoms. The molecule has 1 aromatic heterocycles. The van der Waals surface area contributed by atoms with Gasteiger partial charge < -0.3 is 5.32 Å². The highest BCUT2D eigenvalue weighted by Gasteiger charge is 2.15. The average Bonchev–Trinajstić information content (AvgIpc) is 2.83. The minimum absolute atomic E-state index is 0.0244. The molecule has 0 atom stereocenters. The van der Waals surface area contributed by atoms with Gasteiger partial charge in [0.15, 0.2) is 0 Å². The Balaban J connectivity index is 2.24. The van der Waals surface area contributed by atoms with Crippen molar-refractivity contribution in [3.05, 3.63) is 46.3 Å². The summed E-state index contributed by atoms with van der Waals surface area (Å²) in [5.74, 6) is -0.357. The van der Waals surface area contributed by atoms with Crippen LogP contribution in [0.4, 0.5) is 5.69 Å². The third-order valence-electron chi connectivity index (χ3n) is 2.76. The Labute approximate surface area is 121 Å². The lowest BCUT2D eigenvalue weighted by atomic mass is 10.1. The first-order valence-electron chi connectivity index (χ1n) is 5.77. The number of nitrogens with one attached hydrogen (secondary N) is 1. The maximum atomic E-state index is 12.1. The fourth-order valence-electron chi connectivity index (χ4n) is 1.65. The van der Waals surface area contributed by atoms with Crippen molar-refractivity contribution in [3.8, 4) is 0 Å². The molecule has 0 fully saturated rings. The second-order valence-corrected chi connectivity index (χ2v) is 7.17.